The van der Waals surface area contributed by atoms with Crippen molar-refractivity contribution in [3.05, 3.63) is 53.0 Å². The van der Waals surface area contributed by atoms with Crippen molar-refractivity contribution in [3.8, 4) is 5.75 Å². The zero-order valence-electron chi connectivity index (χ0n) is 14.4. The first kappa shape index (κ1) is 19.3. The van der Waals surface area contributed by atoms with Gasteiger partial charge in [0.1, 0.15) is 12.0 Å². The van der Waals surface area contributed by atoms with Crippen LogP contribution in [-0.2, 0) is 4.79 Å². The number of aldehydes is 1. The van der Waals surface area contributed by atoms with Gasteiger partial charge in [-0.2, -0.15) is 0 Å². The molecule has 0 spiro atoms. The SMILES string of the molecule is COc1cccc(NC(C=O)C(CO)CN(C)c2ccc(Br)cc2)c1. The Labute approximate surface area is 156 Å². The van der Waals surface area contributed by atoms with Crippen LogP contribution in [0.3, 0.4) is 0 Å². The van der Waals surface area contributed by atoms with Gasteiger partial charge in [0.05, 0.1) is 13.2 Å². The van der Waals surface area contributed by atoms with E-state index in [0.29, 0.717) is 12.3 Å². The summed E-state index contributed by atoms with van der Waals surface area (Å²) in [4.78, 5) is 13.6. The Morgan fingerprint density at radius 3 is 2.60 bits per heavy atom. The maximum atomic E-state index is 11.6. The maximum Gasteiger partial charge on any atom is 0.142 e. The first-order valence-electron chi connectivity index (χ1n) is 8.00. The molecule has 0 heterocycles. The normalized spacial score (nSPS) is 13.0. The summed E-state index contributed by atoms with van der Waals surface area (Å²) < 4.78 is 6.21. The highest BCUT2D eigenvalue weighted by molar-refractivity contribution is 9.10. The quantitative estimate of drug-likeness (QED) is 0.626. The van der Waals surface area contributed by atoms with Crippen LogP contribution in [0.25, 0.3) is 0 Å². The maximum absolute atomic E-state index is 11.6. The Kier molecular flexibility index (Phi) is 7.28. The van der Waals surface area contributed by atoms with Crippen LogP contribution in [0.5, 0.6) is 5.75 Å². The fraction of sp³-hybridized carbons (Fsp3) is 0.316. The molecule has 2 N–H and O–H groups in total. The first-order valence-corrected chi connectivity index (χ1v) is 8.80. The van der Waals surface area contributed by atoms with Crippen molar-refractivity contribution in [2.45, 2.75) is 6.04 Å². The molecule has 6 heteroatoms. The van der Waals surface area contributed by atoms with Crippen molar-refractivity contribution < 1.29 is 14.6 Å². The third kappa shape index (κ3) is 5.47. The lowest BCUT2D eigenvalue weighted by molar-refractivity contribution is -0.109. The number of anilines is 2. The van der Waals surface area contributed by atoms with Crippen LogP contribution >= 0.6 is 15.9 Å². The number of aliphatic hydroxyl groups excluding tert-OH is 1. The molecule has 0 aliphatic rings. The standard InChI is InChI=1S/C19H23BrN2O3/c1-22(17-8-6-15(20)7-9-17)11-14(12-23)19(13-24)21-16-4-3-5-18(10-16)25-2/h3-10,13-14,19,21,23H,11-12H2,1-2H3. The lowest BCUT2D eigenvalue weighted by atomic mass is 10.0. The fourth-order valence-corrected chi connectivity index (χ4v) is 2.87. The van der Waals surface area contributed by atoms with E-state index in [9.17, 15) is 9.90 Å². The summed E-state index contributed by atoms with van der Waals surface area (Å²) in [6.45, 7) is 0.444. The second kappa shape index (κ2) is 9.44. The van der Waals surface area contributed by atoms with E-state index >= 15 is 0 Å². The molecule has 134 valence electrons. The Morgan fingerprint density at radius 2 is 2.00 bits per heavy atom. The van der Waals surface area contributed by atoms with Crippen molar-refractivity contribution in [2.24, 2.45) is 5.92 Å². The lowest BCUT2D eigenvalue weighted by Crippen LogP contribution is -2.40. The van der Waals surface area contributed by atoms with E-state index in [1.54, 1.807) is 7.11 Å². The molecule has 5 nitrogen and oxygen atoms in total. The zero-order chi connectivity index (χ0) is 18.2. The van der Waals surface area contributed by atoms with E-state index in [1.807, 2.05) is 60.5 Å². The van der Waals surface area contributed by atoms with Crippen molar-refractivity contribution in [1.82, 2.24) is 0 Å². The van der Waals surface area contributed by atoms with Gasteiger partial charge >= 0.3 is 0 Å². The van der Waals surface area contributed by atoms with Gasteiger partial charge in [-0.15, -0.1) is 0 Å². The van der Waals surface area contributed by atoms with E-state index < -0.39 is 6.04 Å². The number of benzene rings is 2. The van der Waals surface area contributed by atoms with Gasteiger partial charge in [0.2, 0.25) is 0 Å². The molecule has 0 fully saturated rings. The van der Waals surface area contributed by atoms with Crippen LogP contribution in [0.15, 0.2) is 53.0 Å². The highest BCUT2D eigenvalue weighted by Crippen LogP contribution is 2.21. The number of methoxy groups -OCH3 is 1. The molecule has 25 heavy (non-hydrogen) atoms. The third-order valence-corrected chi connectivity index (χ3v) is 4.60. The molecular weight excluding hydrogens is 384 g/mol. The number of nitrogens with zero attached hydrogens (tertiary/aromatic N) is 1. The summed E-state index contributed by atoms with van der Waals surface area (Å²) in [5.41, 5.74) is 1.80. The van der Waals surface area contributed by atoms with Crippen molar-refractivity contribution >= 4 is 33.6 Å². The molecule has 0 aliphatic carbocycles. The summed E-state index contributed by atoms with van der Waals surface area (Å²) >= 11 is 3.42. The number of halogens is 1. The monoisotopic (exact) mass is 406 g/mol. The minimum atomic E-state index is -0.505. The van der Waals surface area contributed by atoms with Crippen molar-refractivity contribution in [1.29, 1.82) is 0 Å². The van der Waals surface area contributed by atoms with Gasteiger partial charge in [0.25, 0.3) is 0 Å². The summed E-state index contributed by atoms with van der Waals surface area (Å²) in [6.07, 6.45) is 0.843. The minimum Gasteiger partial charge on any atom is -0.497 e. The van der Waals surface area contributed by atoms with Gasteiger partial charge in [-0.25, -0.2) is 0 Å². The highest BCUT2D eigenvalue weighted by atomic mass is 79.9. The Hall–Kier alpha value is -2.05. The number of rotatable bonds is 9. The van der Waals surface area contributed by atoms with Gasteiger partial charge in [0.15, 0.2) is 0 Å². The predicted octanol–water partition coefficient (Wildman–Crippen LogP) is 3.18. The van der Waals surface area contributed by atoms with Crippen LogP contribution in [0, 0.1) is 5.92 Å². The van der Waals surface area contributed by atoms with Crippen molar-refractivity contribution in [3.63, 3.8) is 0 Å². The van der Waals surface area contributed by atoms with Gasteiger partial charge in [-0.05, 0) is 36.4 Å². The molecular formula is C19H23BrN2O3. The zero-order valence-corrected chi connectivity index (χ0v) is 15.9. The number of nitrogens with one attached hydrogen (secondary N) is 1. The average molecular weight is 407 g/mol. The molecule has 2 rings (SSSR count). The molecule has 0 bridgehead atoms. The minimum absolute atomic E-state index is 0.0960. The second-order valence-corrected chi connectivity index (χ2v) is 6.75. The van der Waals surface area contributed by atoms with E-state index in [2.05, 4.69) is 21.2 Å². The van der Waals surface area contributed by atoms with Gasteiger partial charge in [0, 0.05) is 48.0 Å². The second-order valence-electron chi connectivity index (χ2n) is 5.84. The van der Waals surface area contributed by atoms with Crippen LogP contribution in [0.2, 0.25) is 0 Å². The van der Waals surface area contributed by atoms with Crippen molar-refractivity contribution in [2.75, 3.05) is 37.5 Å². The van der Waals surface area contributed by atoms with E-state index in [4.69, 9.17) is 4.74 Å². The summed E-state index contributed by atoms with van der Waals surface area (Å²) in [6, 6.07) is 14.8. The smallest absolute Gasteiger partial charge is 0.142 e. The molecule has 0 amide bonds. The molecule has 0 aliphatic heterocycles. The van der Waals surface area contributed by atoms with E-state index in [0.717, 1.165) is 22.1 Å². The summed E-state index contributed by atoms with van der Waals surface area (Å²) in [7, 11) is 3.54. The van der Waals surface area contributed by atoms with Gasteiger partial charge in [-0.3, -0.25) is 0 Å². The predicted molar refractivity (Wildman–Crippen MR) is 104 cm³/mol. The number of carbonyl (C=O) groups is 1. The van der Waals surface area contributed by atoms with E-state index in [1.165, 1.54) is 0 Å². The molecule has 2 aromatic rings. The molecule has 0 aromatic heterocycles. The third-order valence-electron chi connectivity index (χ3n) is 4.07. The molecule has 0 saturated heterocycles. The van der Waals surface area contributed by atoms with Gasteiger partial charge < -0.3 is 24.9 Å². The van der Waals surface area contributed by atoms with Gasteiger partial charge in [-0.1, -0.05) is 22.0 Å². The largest absolute Gasteiger partial charge is 0.497 e. The summed E-state index contributed by atoms with van der Waals surface area (Å²) in [5, 5.41) is 13.0. The number of hydrogen-bond donors (Lipinski definition) is 2. The Morgan fingerprint density at radius 1 is 1.28 bits per heavy atom. The molecule has 0 saturated carbocycles. The Balaban J connectivity index is 2.07. The number of aliphatic hydroxyl groups is 1. The van der Waals surface area contributed by atoms with Crippen LogP contribution in [0.4, 0.5) is 11.4 Å². The number of ether oxygens (including phenoxy) is 1. The van der Waals surface area contributed by atoms with Crippen LogP contribution < -0.4 is 15.0 Å². The average Bonchev–Trinajstić information content (AvgIpc) is 2.65. The highest BCUT2D eigenvalue weighted by Gasteiger charge is 2.22. The molecule has 0 radical (unpaired) electrons. The van der Waals surface area contributed by atoms with Crippen LogP contribution in [0.1, 0.15) is 0 Å². The van der Waals surface area contributed by atoms with E-state index in [-0.39, 0.29) is 12.5 Å². The number of carbonyl (C=O) groups excluding carboxylic acids is 1. The Bertz CT molecular complexity index is 679. The van der Waals surface area contributed by atoms with Crippen LogP contribution in [-0.4, -0.2) is 44.7 Å². The molecule has 2 unspecified atom stereocenters. The molecule has 2 aromatic carbocycles. The molecule has 2 atom stereocenters. The first-order chi connectivity index (χ1) is 12.1. The topological polar surface area (TPSA) is 61.8 Å². The summed E-state index contributed by atoms with van der Waals surface area (Å²) in [5.74, 6) is 0.458. The lowest BCUT2D eigenvalue weighted by Gasteiger charge is -2.29. The number of hydrogen-bond acceptors (Lipinski definition) is 5. The fourth-order valence-electron chi connectivity index (χ4n) is 2.61.